The number of likely N-dealkylation sites (tertiary alicyclic amines) is 1. The number of hydrogen-bond acceptors (Lipinski definition) is 5. The van der Waals surface area contributed by atoms with Gasteiger partial charge < -0.3 is 10.2 Å². The topological polar surface area (TPSA) is 62.3 Å². The number of rotatable bonds is 6. The zero-order chi connectivity index (χ0) is 18.6. The molecule has 2 heterocycles. The Kier molecular flexibility index (Phi) is 5.94. The summed E-state index contributed by atoms with van der Waals surface area (Å²) in [5.41, 5.74) is 1.94. The molecule has 1 aliphatic heterocycles. The molecule has 1 aliphatic rings. The molecule has 2 aromatic rings. The third-order valence-corrected chi connectivity index (χ3v) is 6.23. The second-order valence-corrected chi connectivity index (χ2v) is 9.00. The molecule has 6 heteroatoms. The zero-order valence-corrected chi connectivity index (χ0v) is 16.3. The van der Waals surface area contributed by atoms with Crippen molar-refractivity contribution in [2.45, 2.75) is 24.7 Å². The predicted molar refractivity (Wildman–Crippen MR) is 106 cm³/mol. The van der Waals surface area contributed by atoms with Gasteiger partial charge in [-0.25, -0.2) is 13.4 Å². The average molecular weight is 374 g/mol. The molecule has 0 bridgehead atoms. The Balaban J connectivity index is 1.57. The van der Waals surface area contributed by atoms with Gasteiger partial charge in [-0.2, -0.15) is 0 Å². The molecule has 0 aliphatic carbocycles. The fourth-order valence-corrected chi connectivity index (χ4v) is 3.95. The first-order valence-corrected chi connectivity index (χ1v) is 11.1. The second-order valence-electron chi connectivity index (χ2n) is 6.99. The summed E-state index contributed by atoms with van der Waals surface area (Å²) in [6.07, 6.45) is 5.53. The molecule has 0 atom stereocenters. The molecule has 3 rings (SSSR count). The van der Waals surface area contributed by atoms with Gasteiger partial charge in [0.2, 0.25) is 0 Å². The van der Waals surface area contributed by atoms with Crippen molar-refractivity contribution in [3.8, 4) is 11.1 Å². The highest BCUT2D eigenvalue weighted by molar-refractivity contribution is 7.90. The van der Waals surface area contributed by atoms with E-state index in [0.29, 0.717) is 10.8 Å². The number of pyridine rings is 1. The molecule has 0 unspecified atom stereocenters. The Morgan fingerprint density at radius 2 is 1.73 bits per heavy atom. The van der Waals surface area contributed by atoms with E-state index in [1.807, 2.05) is 30.5 Å². The fraction of sp³-hybridized carbons (Fsp3) is 0.450. The summed E-state index contributed by atoms with van der Waals surface area (Å²) in [6, 6.07) is 10.9. The minimum atomic E-state index is -3.16. The zero-order valence-electron chi connectivity index (χ0n) is 15.5. The first kappa shape index (κ1) is 18.9. The lowest BCUT2D eigenvalue weighted by atomic mass is 9.97. The van der Waals surface area contributed by atoms with Crippen molar-refractivity contribution in [1.29, 1.82) is 0 Å². The Hall–Kier alpha value is -1.92. The largest absolute Gasteiger partial charge is 0.370 e. The number of aromatic nitrogens is 1. The molecule has 140 valence electrons. The molecule has 1 saturated heterocycles. The molecule has 1 aromatic heterocycles. The van der Waals surface area contributed by atoms with E-state index in [2.05, 4.69) is 22.1 Å². The summed E-state index contributed by atoms with van der Waals surface area (Å²) in [5.74, 6) is 1.60. The van der Waals surface area contributed by atoms with Gasteiger partial charge in [-0.15, -0.1) is 0 Å². The lowest BCUT2D eigenvalue weighted by Gasteiger charge is -2.31. The first-order chi connectivity index (χ1) is 12.5. The Morgan fingerprint density at radius 3 is 2.27 bits per heavy atom. The molecular weight excluding hydrogens is 346 g/mol. The number of sulfone groups is 1. The Labute approximate surface area is 156 Å². The SMILES string of the molecule is CCN1CCC(CNc2ccc(-c3ccc(S(C)(=O)=O)cc3)cn2)CC1. The van der Waals surface area contributed by atoms with E-state index in [-0.39, 0.29) is 0 Å². The molecule has 1 N–H and O–H groups in total. The molecule has 5 nitrogen and oxygen atoms in total. The van der Waals surface area contributed by atoms with Gasteiger partial charge in [0, 0.05) is 24.6 Å². The van der Waals surface area contributed by atoms with Crippen LogP contribution in [-0.2, 0) is 9.84 Å². The molecular formula is C20H27N3O2S. The van der Waals surface area contributed by atoms with E-state index in [1.54, 1.807) is 12.1 Å². The van der Waals surface area contributed by atoms with Gasteiger partial charge in [0.15, 0.2) is 9.84 Å². The highest BCUT2D eigenvalue weighted by Crippen LogP contribution is 2.22. The van der Waals surface area contributed by atoms with Crippen molar-refractivity contribution in [2.75, 3.05) is 37.8 Å². The number of nitrogens with zero attached hydrogens (tertiary/aromatic N) is 2. The third-order valence-electron chi connectivity index (χ3n) is 5.11. The first-order valence-electron chi connectivity index (χ1n) is 9.18. The second kappa shape index (κ2) is 8.18. The van der Waals surface area contributed by atoms with Crippen molar-refractivity contribution >= 4 is 15.7 Å². The summed E-state index contributed by atoms with van der Waals surface area (Å²) in [7, 11) is -3.16. The van der Waals surface area contributed by atoms with Crippen LogP contribution in [0.1, 0.15) is 19.8 Å². The minimum absolute atomic E-state index is 0.335. The van der Waals surface area contributed by atoms with Gasteiger partial charge in [-0.3, -0.25) is 0 Å². The van der Waals surface area contributed by atoms with Crippen LogP contribution in [0, 0.1) is 5.92 Å². The molecule has 1 aromatic carbocycles. The van der Waals surface area contributed by atoms with Crippen LogP contribution in [0.3, 0.4) is 0 Å². The van der Waals surface area contributed by atoms with Crippen LogP contribution in [0.4, 0.5) is 5.82 Å². The van der Waals surface area contributed by atoms with Crippen molar-refractivity contribution in [3.05, 3.63) is 42.6 Å². The minimum Gasteiger partial charge on any atom is -0.370 e. The monoisotopic (exact) mass is 373 g/mol. The van der Waals surface area contributed by atoms with Crippen molar-refractivity contribution < 1.29 is 8.42 Å². The number of anilines is 1. The van der Waals surface area contributed by atoms with E-state index in [9.17, 15) is 8.42 Å². The smallest absolute Gasteiger partial charge is 0.175 e. The van der Waals surface area contributed by atoms with Gasteiger partial charge in [0.25, 0.3) is 0 Å². The van der Waals surface area contributed by atoms with E-state index in [4.69, 9.17) is 0 Å². The van der Waals surface area contributed by atoms with Crippen molar-refractivity contribution in [2.24, 2.45) is 5.92 Å². The van der Waals surface area contributed by atoms with Gasteiger partial charge in [0.05, 0.1) is 4.90 Å². The summed E-state index contributed by atoms with van der Waals surface area (Å²) in [5, 5.41) is 3.45. The van der Waals surface area contributed by atoms with Crippen LogP contribution in [0.2, 0.25) is 0 Å². The summed E-state index contributed by atoms with van der Waals surface area (Å²) >= 11 is 0. The lowest BCUT2D eigenvalue weighted by molar-refractivity contribution is 0.198. The van der Waals surface area contributed by atoms with Crippen LogP contribution < -0.4 is 5.32 Å². The van der Waals surface area contributed by atoms with E-state index in [1.165, 1.54) is 32.2 Å². The summed E-state index contributed by atoms with van der Waals surface area (Å²) in [4.78, 5) is 7.34. The van der Waals surface area contributed by atoms with Crippen LogP contribution in [-0.4, -0.2) is 50.7 Å². The molecule has 0 radical (unpaired) electrons. The molecule has 1 fully saturated rings. The van der Waals surface area contributed by atoms with Crippen LogP contribution in [0.15, 0.2) is 47.5 Å². The summed E-state index contributed by atoms with van der Waals surface area (Å²) in [6.45, 7) is 6.72. The van der Waals surface area contributed by atoms with E-state index in [0.717, 1.165) is 30.0 Å². The molecule has 26 heavy (non-hydrogen) atoms. The lowest BCUT2D eigenvalue weighted by Crippen LogP contribution is -2.35. The number of piperidine rings is 1. The highest BCUT2D eigenvalue weighted by Gasteiger charge is 2.17. The molecule has 0 saturated carbocycles. The van der Waals surface area contributed by atoms with Gasteiger partial charge in [-0.05, 0) is 68.2 Å². The fourth-order valence-electron chi connectivity index (χ4n) is 3.32. The maximum atomic E-state index is 11.5. The number of nitrogens with one attached hydrogen (secondary N) is 1. The Bertz CT molecular complexity index is 809. The van der Waals surface area contributed by atoms with Crippen molar-refractivity contribution in [1.82, 2.24) is 9.88 Å². The number of hydrogen-bond donors (Lipinski definition) is 1. The van der Waals surface area contributed by atoms with Crippen LogP contribution >= 0.6 is 0 Å². The van der Waals surface area contributed by atoms with Crippen molar-refractivity contribution in [3.63, 3.8) is 0 Å². The van der Waals surface area contributed by atoms with Crippen LogP contribution in [0.5, 0.6) is 0 Å². The molecule has 0 amide bonds. The normalized spacial score (nSPS) is 16.5. The maximum Gasteiger partial charge on any atom is 0.175 e. The highest BCUT2D eigenvalue weighted by atomic mass is 32.2. The van der Waals surface area contributed by atoms with Gasteiger partial charge in [-0.1, -0.05) is 19.1 Å². The standard InChI is InChI=1S/C20H27N3O2S/c1-3-23-12-10-16(11-13-23)14-21-20-9-6-18(15-22-20)17-4-7-19(8-5-17)26(2,24)25/h4-9,15-16H,3,10-14H2,1-2H3,(H,21,22). The van der Waals surface area contributed by atoms with Gasteiger partial charge in [0.1, 0.15) is 5.82 Å². The summed E-state index contributed by atoms with van der Waals surface area (Å²) < 4.78 is 23.1. The maximum absolute atomic E-state index is 11.5. The quantitative estimate of drug-likeness (QED) is 0.842. The predicted octanol–water partition coefficient (Wildman–Crippen LogP) is 3.30. The third kappa shape index (κ3) is 4.83. The molecule has 0 spiro atoms. The van der Waals surface area contributed by atoms with Gasteiger partial charge >= 0.3 is 0 Å². The van der Waals surface area contributed by atoms with Crippen LogP contribution in [0.25, 0.3) is 11.1 Å². The van der Waals surface area contributed by atoms with E-state index >= 15 is 0 Å². The Morgan fingerprint density at radius 1 is 1.08 bits per heavy atom. The number of benzene rings is 1. The van der Waals surface area contributed by atoms with E-state index < -0.39 is 9.84 Å². The average Bonchev–Trinajstić information content (AvgIpc) is 2.66.